The molecule has 0 aromatic carbocycles. The minimum absolute atomic E-state index is 0.652. The summed E-state index contributed by atoms with van der Waals surface area (Å²) >= 11 is 1.95. The number of hydrogen-bond donors (Lipinski definition) is 1. The molecule has 0 aliphatic heterocycles. The molecule has 1 N–H and O–H groups in total. The van der Waals surface area contributed by atoms with E-state index in [0.717, 1.165) is 11.8 Å². The Labute approximate surface area is 121 Å². The summed E-state index contributed by atoms with van der Waals surface area (Å²) < 4.78 is 0. The number of hydrogen-bond acceptors (Lipinski definition) is 2. The molecule has 1 fully saturated rings. The molecule has 1 saturated carbocycles. The fourth-order valence-corrected chi connectivity index (χ4v) is 4.84. The van der Waals surface area contributed by atoms with Gasteiger partial charge >= 0.3 is 0 Å². The number of rotatable bonds is 4. The number of fused-ring (bicyclic) bond motifs is 1. The Morgan fingerprint density at radius 2 is 1.95 bits per heavy atom. The highest BCUT2D eigenvalue weighted by Gasteiger charge is 2.24. The fraction of sp³-hybridized carbons (Fsp3) is 0.765. The molecule has 1 atom stereocenters. The molecule has 1 heterocycles. The van der Waals surface area contributed by atoms with Crippen LogP contribution in [0.2, 0.25) is 0 Å². The van der Waals surface area contributed by atoms with Crippen LogP contribution in [-0.4, -0.2) is 6.54 Å². The Kier molecular flexibility index (Phi) is 4.60. The molecular weight excluding hydrogens is 250 g/mol. The maximum atomic E-state index is 3.87. The van der Waals surface area contributed by atoms with Crippen molar-refractivity contribution in [3.8, 4) is 0 Å². The molecule has 0 amide bonds. The molecule has 106 valence electrons. The van der Waals surface area contributed by atoms with Crippen molar-refractivity contribution >= 4 is 11.3 Å². The van der Waals surface area contributed by atoms with Crippen molar-refractivity contribution in [1.82, 2.24) is 5.32 Å². The highest BCUT2D eigenvalue weighted by Crippen LogP contribution is 2.34. The summed E-state index contributed by atoms with van der Waals surface area (Å²) in [4.78, 5) is 1.64. The van der Waals surface area contributed by atoms with Crippen molar-refractivity contribution in [2.24, 2.45) is 11.8 Å². The summed E-state index contributed by atoms with van der Waals surface area (Å²) in [6, 6.07) is 3.00. The first-order valence-corrected chi connectivity index (χ1v) is 9.04. The van der Waals surface area contributed by atoms with Gasteiger partial charge in [0.2, 0.25) is 0 Å². The number of aryl methyl sites for hydroxylation is 1. The van der Waals surface area contributed by atoms with Gasteiger partial charge in [0.1, 0.15) is 0 Å². The van der Waals surface area contributed by atoms with E-state index in [9.17, 15) is 0 Å². The lowest BCUT2D eigenvalue weighted by Crippen LogP contribution is -2.31. The molecule has 1 unspecified atom stereocenters. The number of nitrogens with one attached hydrogen (secondary N) is 1. The largest absolute Gasteiger partial charge is 0.310 e. The van der Waals surface area contributed by atoms with Gasteiger partial charge in [-0.1, -0.05) is 26.2 Å². The quantitative estimate of drug-likeness (QED) is 0.822. The zero-order valence-electron chi connectivity index (χ0n) is 12.2. The van der Waals surface area contributed by atoms with Crippen LogP contribution in [0.25, 0.3) is 0 Å². The van der Waals surface area contributed by atoms with Crippen molar-refractivity contribution in [2.45, 2.75) is 64.3 Å². The zero-order valence-corrected chi connectivity index (χ0v) is 13.0. The first kappa shape index (κ1) is 13.6. The van der Waals surface area contributed by atoms with Crippen LogP contribution in [0, 0.1) is 11.8 Å². The average molecular weight is 277 g/mol. The van der Waals surface area contributed by atoms with Gasteiger partial charge in [0, 0.05) is 10.9 Å². The van der Waals surface area contributed by atoms with Gasteiger partial charge in [0.15, 0.2) is 0 Å². The third-order valence-corrected chi connectivity index (χ3v) is 6.25. The standard InChI is InChI=1S/C17H27NS/c1-2-13-6-8-14(9-7-13)12-18-16-4-3-5-17-15(16)10-11-19-17/h10-11,13-14,16,18H,2-9,12H2,1H3. The van der Waals surface area contributed by atoms with Crippen molar-refractivity contribution in [3.05, 3.63) is 21.9 Å². The normalized spacial score (nSPS) is 31.1. The summed E-state index contributed by atoms with van der Waals surface area (Å²) in [7, 11) is 0. The van der Waals surface area contributed by atoms with Gasteiger partial charge < -0.3 is 5.32 Å². The van der Waals surface area contributed by atoms with E-state index in [0.29, 0.717) is 6.04 Å². The molecule has 0 bridgehead atoms. The van der Waals surface area contributed by atoms with Gasteiger partial charge in [-0.3, -0.25) is 0 Å². The van der Waals surface area contributed by atoms with Gasteiger partial charge in [-0.15, -0.1) is 11.3 Å². The monoisotopic (exact) mass is 277 g/mol. The molecule has 2 aliphatic rings. The lowest BCUT2D eigenvalue weighted by molar-refractivity contribution is 0.254. The molecule has 3 rings (SSSR count). The van der Waals surface area contributed by atoms with Crippen molar-refractivity contribution in [2.75, 3.05) is 6.54 Å². The average Bonchev–Trinajstić information content (AvgIpc) is 2.94. The Balaban J connectivity index is 1.49. The third kappa shape index (κ3) is 3.22. The van der Waals surface area contributed by atoms with Crippen LogP contribution in [0.5, 0.6) is 0 Å². The summed E-state index contributed by atoms with van der Waals surface area (Å²) in [5.41, 5.74) is 1.61. The summed E-state index contributed by atoms with van der Waals surface area (Å²) in [5.74, 6) is 1.96. The second kappa shape index (κ2) is 6.41. The second-order valence-electron chi connectivity index (χ2n) is 6.45. The molecule has 2 heteroatoms. The molecule has 1 aromatic heterocycles. The number of thiophene rings is 1. The first-order chi connectivity index (χ1) is 9.36. The summed E-state index contributed by atoms with van der Waals surface area (Å²) in [5, 5.41) is 6.15. The first-order valence-electron chi connectivity index (χ1n) is 8.16. The topological polar surface area (TPSA) is 12.0 Å². The van der Waals surface area contributed by atoms with Crippen LogP contribution in [0.3, 0.4) is 0 Å². The van der Waals surface area contributed by atoms with Gasteiger partial charge in [-0.2, -0.15) is 0 Å². The Morgan fingerprint density at radius 1 is 1.16 bits per heavy atom. The Hall–Kier alpha value is -0.340. The highest BCUT2D eigenvalue weighted by molar-refractivity contribution is 7.10. The van der Waals surface area contributed by atoms with E-state index in [2.05, 4.69) is 23.7 Å². The Bertz CT molecular complexity index is 390. The van der Waals surface area contributed by atoms with Crippen molar-refractivity contribution in [3.63, 3.8) is 0 Å². The van der Waals surface area contributed by atoms with Crippen LogP contribution in [0.4, 0.5) is 0 Å². The lowest BCUT2D eigenvalue weighted by Gasteiger charge is -2.30. The molecule has 2 aliphatic carbocycles. The van der Waals surface area contributed by atoms with E-state index >= 15 is 0 Å². The van der Waals surface area contributed by atoms with Crippen LogP contribution >= 0.6 is 11.3 Å². The van der Waals surface area contributed by atoms with Crippen molar-refractivity contribution < 1.29 is 0 Å². The summed E-state index contributed by atoms with van der Waals surface area (Å²) in [6.45, 7) is 3.60. The lowest BCUT2D eigenvalue weighted by atomic mass is 9.80. The minimum atomic E-state index is 0.652. The minimum Gasteiger partial charge on any atom is -0.310 e. The van der Waals surface area contributed by atoms with E-state index in [1.807, 2.05) is 11.3 Å². The van der Waals surface area contributed by atoms with Gasteiger partial charge in [0.05, 0.1) is 0 Å². The van der Waals surface area contributed by atoms with E-state index in [1.165, 1.54) is 57.9 Å². The van der Waals surface area contributed by atoms with E-state index in [4.69, 9.17) is 0 Å². The maximum Gasteiger partial charge on any atom is 0.0331 e. The maximum absolute atomic E-state index is 3.87. The molecule has 0 radical (unpaired) electrons. The van der Waals surface area contributed by atoms with Crippen molar-refractivity contribution in [1.29, 1.82) is 0 Å². The Morgan fingerprint density at radius 3 is 2.74 bits per heavy atom. The molecule has 19 heavy (non-hydrogen) atoms. The van der Waals surface area contributed by atoms with E-state index < -0.39 is 0 Å². The van der Waals surface area contributed by atoms with Gasteiger partial charge in [0.25, 0.3) is 0 Å². The smallest absolute Gasteiger partial charge is 0.0331 e. The van der Waals surface area contributed by atoms with Crippen LogP contribution < -0.4 is 5.32 Å². The van der Waals surface area contributed by atoms with Gasteiger partial charge in [-0.05, 0) is 67.5 Å². The fourth-order valence-electron chi connectivity index (χ4n) is 3.85. The molecular formula is C17H27NS. The van der Waals surface area contributed by atoms with Crippen LogP contribution in [0.1, 0.15) is 68.4 Å². The molecule has 1 nitrogen and oxygen atoms in total. The van der Waals surface area contributed by atoms with Crippen LogP contribution in [0.15, 0.2) is 11.4 Å². The van der Waals surface area contributed by atoms with E-state index in [-0.39, 0.29) is 0 Å². The zero-order chi connectivity index (χ0) is 13.1. The SMILES string of the molecule is CCC1CCC(CNC2CCCc3sccc32)CC1. The molecule has 0 spiro atoms. The highest BCUT2D eigenvalue weighted by atomic mass is 32.1. The molecule has 1 aromatic rings. The second-order valence-corrected chi connectivity index (χ2v) is 7.45. The van der Waals surface area contributed by atoms with E-state index in [1.54, 1.807) is 10.4 Å². The predicted molar refractivity (Wildman–Crippen MR) is 83.7 cm³/mol. The predicted octanol–water partition coefficient (Wildman–Crippen LogP) is 4.93. The van der Waals surface area contributed by atoms with Gasteiger partial charge in [-0.25, -0.2) is 0 Å². The van der Waals surface area contributed by atoms with Crippen LogP contribution in [-0.2, 0) is 6.42 Å². The molecule has 0 saturated heterocycles. The summed E-state index contributed by atoms with van der Waals surface area (Å²) in [6.07, 6.45) is 11.3. The third-order valence-electron chi connectivity index (χ3n) is 5.25.